The molecule has 0 radical (unpaired) electrons. The summed E-state index contributed by atoms with van der Waals surface area (Å²) in [6, 6.07) is 10.4. The standard InChI is InChI=1S/C23H31N5O2/c1-4-24-23(28-16-19-6-5-10-25-22(19)30-13-12-29-3)26-11-9-18-15-27-21-14-17(2)7-8-20(18)21/h5-8,10,14-15,27H,4,9,11-13,16H2,1-3H3,(H2,24,26,28). The number of nitrogens with zero attached hydrogens (tertiary/aromatic N) is 2. The summed E-state index contributed by atoms with van der Waals surface area (Å²) in [6.07, 6.45) is 4.72. The van der Waals surface area contributed by atoms with Gasteiger partial charge < -0.3 is 25.1 Å². The van der Waals surface area contributed by atoms with Crippen molar-refractivity contribution in [2.45, 2.75) is 26.8 Å². The first kappa shape index (κ1) is 21.6. The van der Waals surface area contributed by atoms with Crippen molar-refractivity contribution < 1.29 is 9.47 Å². The molecule has 3 rings (SSSR count). The van der Waals surface area contributed by atoms with Crippen molar-refractivity contribution in [1.29, 1.82) is 0 Å². The monoisotopic (exact) mass is 409 g/mol. The molecule has 0 bridgehead atoms. The number of guanidine groups is 1. The van der Waals surface area contributed by atoms with Gasteiger partial charge in [0, 0.05) is 49.1 Å². The average Bonchev–Trinajstić information content (AvgIpc) is 3.15. The highest BCUT2D eigenvalue weighted by molar-refractivity contribution is 5.84. The van der Waals surface area contributed by atoms with Crippen molar-refractivity contribution in [1.82, 2.24) is 20.6 Å². The van der Waals surface area contributed by atoms with E-state index < -0.39 is 0 Å². The van der Waals surface area contributed by atoms with Crippen LogP contribution in [0.2, 0.25) is 0 Å². The first-order chi connectivity index (χ1) is 14.7. The number of ether oxygens (including phenoxy) is 2. The second-order valence-corrected chi connectivity index (χ2v) is 7.04. The Kier molecular flexibility index (Phi) is 8.09. The van der Waals surface area contributed by atoms with Crippen LogP contribution in [0, 0.1) is 6.92 Å². The second kappa shape index (κ2) is 11.2. The number of benzene rings is 1. The molecular formula is C23H31N5O2. The molecule has 3 N–H and O–H groups in total. The molecule has 2 heterocycles. The minimum absolute atomic E-state index is 0.465. The SMILES string of the molecule is CCNC(=NCc1cccnc1OCCOC)NCCc1c[nH]c2cc(C)ccc12. The maximum Gasteiger partial charge on any atom is 0.218 e. The van der Waals surface area contributed by atoms with E-state index in [-0.39, 0.29) is 0 Å². The Bertz CT molecular complexity index is 967. The normalized spacial score (nSPS) is 11.6. The predicted molar refractivity (Wildman–Crippen MR) is 121 cm³/mol. The van der Waals surface area contributed by atoms with Gasteiger partial charge in [-0.2, -0.15) is 0 Å². The first-order valence-electron chi connectivity index (χ1n) is 10.4. The molecule has 30 heavy (non-hydrogen) atoms. The van der Waals surface area contributed by atoms with E-state index in [1.807, 2.05) is 12.1 Å². The van der Waals surface area contributed by atoms with Crippen LogP contribution in [-0.4, -0.2) is 49.3 Å². The van der Waals surface area contributed by atoms with Gasteiger partial charge >= 0.3 is 0 Å². The van der Waals surface area contributed by atoms with Crippen LogP contribution < -0.4 is 15.4 Å². The van der Waals surface area contributed by atoms with Gasteiger partial charge in [0.25, 0.3) is 0 Å². The Labute approximate surface area is 177 Å². The third-order valence-corrected chi connectivity index (χ3v) is 4.74. The van der Waals surface area contributed by atoms with Crippen molar-refractivity contribution >= 4 is 16.9 Å². The van der Waals surface area contributed by atoms with Gasteiger partial charge in [-0.15, -0.1) is 0 Å². The topological polar surface area (TPSA) is 83.6 Å². The molecule has 3 aromatic rings. The van der Waals surface area contributed by atoms with Crippen LogP contribution in [0.3, 0.4) is 0 Å². The summed E-state index contributed by atoms with van der Waals surface area (Å²) < 4.78 is 10.7. The number of hydrogen-bond donors (Lipinski definition) is 3. The number of hydrogen-bond acceptors (Lipinski definition) is 4. The van der Waals surface area contributed by atoms with E-state index in [9.17, 15) is 0 Å². The van der Waals surface area contributed by atoms with Gasteiger partial charge in [0.2, 0.25) is 5.88 Å². The fourth-order valence-corrected chi connectivity index (χ4v) is 3.22. The van der Waals surface area contributed by atoms with Crippen LogP contribution in [0.15, 0.2) is 47.7 Å². The number of nitrogens with one attached hydrogen (secondary N) is 3. The van der Waals surface area contributed by atoms with Gasteiger partial charge in [0.15, 0.2) is 5.96 Å². The Morgan fingerprint density at radius 2 is 2.07 bits per heavy atom. The molecule has 0 unspecified atom stereocenters. The molecule has 1 aromatic carbocycles. The van der Waals surface area contributed by atoms with E-state index in [0.29, 0.717) is 25.6 Å². The molecule has 0 spiro atoms. The molecule has 7 nitrogen and oxygen atoms in total. The Morgan fingerprint density at radius 3 is 2.90 bits per heavy atom. The predicted octanol–water partition coefficient (Wildman–Crippen LogP) is 3.19. The summed E-state index contributed by atoms with van der Waals surface area (Å²) in [5.41, 5.74) is 4.69. The number of aromatic amines is 1. The minimum atomic E-state index is 0.465. The highest BCUT2D eigenvalue weighted by Crippen LogP contribution is 2.19. The fourth-order valence-electron chi connectivity index (χ4n) is 3.22. The zero-order chi connectivity index (χ0) is 21.2. The summed E-state index contributed by atoms with van der Waals surface area (Å²) in [5, 5.41) is 8.00. The van der Waals surface area contributed by atoms with Gasteiger partial charge in [-0.05, 0) is 43.5 Å². The molecule has 0 aliphatic rings. The van der Waals surface area contributed by atoms with E-state index in [1.165, 1.54) is 22.0 Å². The number of aliphatic imine (C=N–C) groups is 1. The molecule has 2 aromatic heterocycles. The summed E-state index contributed by atoms with van der Waals surface area (Å²) in [5.74, 6) is 1.38. The van der Waals surface area contributed by atoms with E-state index in [4.69, 9.17) is 14.5 Å². The number of aryl methyl sites for hydroxylation is 1. The lowest BCUT2D eigenvalue weighted by atomic mass is 10.1. The number of fused-ring (bicyclic) bond motifs is 1. The zero-order valence-corrected chi connectivity index (χ0v) is 18.0. The number of rotatable bonds is 10. The lowest BCUT2D eigenvalue weighted by Crippen LogP contribution is -2.38. The van der Waals surface area contributed by atoms with Gasteiger partial charge in [0.1, 0.15) is 6.61 Å². The first-order valence-corrected chi connectivity index (χ1v) is 10.4. The van der Waals surface area contributed by atoms with E-state index in [1.54, 1.807) is 13.3 Å². The number of aromatic nitrogens is 2. The summed E-state index contributed by atoms with van der Waals surface area (Å²) in [4.78, 5) is 12.4. The average molecular weight is 410 g/mol. The van der Waals surface area contributed by atoms with Crippen LogP contribution in [0.5, 0.6) is 5.88 Å². The second-order valence-electron chi connectivity index (χ2n) is 7.04. The third kappa shape index (κ3) is 5.97. The van der Waals surface area contributed by atoms with Gasteiger partial charge in [-0.3, -0.25) is 0 Å². The van der Waals surface area contributed by atoms with E-state index >= 15 is 0 Å². The number of pyridine rings is 1. The summed E-state index contributed by atoms with van der Waals surface area (Å²) >= 11 is 0. The molecule has 160 valence electrons. The molecule has 0 fully saturated rings. The third-order valence-electron chi connectivity index (χ3n) is 4.74. The fraction of sp³-hybridized carbons (Fsp3) is 0.391. The van der Waals surface area contributed by atoms with Crippen molar-refractivity contribution in [3.05, 3.63) is 59.4 Å². The van der Waals surface area contributed by atoms with Crippen molar-refractivity contribution in [2.24, 2.45) is 4.99 Å². The van der Waals surface area contributed by atoms with Crippen LogP contribution in [0.4, 0.5) is 0 Å². The molecule has 0 saturated heterocycles. The lowest BCUT2D eigenvalue weighted by molar-refractivity contribution is 0.143. The quantitative estimate of drug-likeness (QED) is 0.272. The van der Waals surface area contributed by atoms with Gasteiger partial charge in [0.05, 0.1) is 13.2 Å². The Morgan fingerprint density at radius 1 is 1.17 bits per heavy atom. The van der Waals surface area contributed by atoms with E-state index in [2.05, 4.69) is 58.8 Å². The number of methoxy groups -OCH3 is 1. The summed E-state index contributed by atoms with van der Waals surface area (Å²) in [6.45, 7) is 7.22. The van der Waals surface area contributed by atoms with Crippen LogP contribution >= 0.6 is 0 Å². The molecule has 0 saturated carbocycles. The van der Waals surface area contributed by atoms with E-state index in [0.717, 1.165) is 31.0 Å². The van der Waals surface area contributed by atoms with Crippen LogP contribution in [-0.2, 0) is 17.7 Å². The van der Waals surface area contributed by atoms with Crippen molar-refractivity contribution in [2.75, 3.05) is 33.4 Å². The van der Waals surface area contributed by atoms with Gasteiger partial charge in [-0.1, -0.05) is 18.2 Å². The molecule has 0 aliphatic carbocycles. The van der Waals surface area contributed by atoms with Gasteiger partial charge in [-0.25, -0.2) is 9.98 Å². The molecule has 0 amide bonds. The Hall–Kier alpha value is -3.06. The smallest absolute Gasteiger partial charge is 0.218 e. The van der Waals surface area contributed by atoms with Crippen molar-refractivity contribution in [3.8, 4) is 5.88 Å². The zero-order valence-electron chi connectivity index (χ0n) is 18.0. The number of H-pyrrole nitrogens is 1. The molecule has 0 aliphatic heterocycles. The maximum absolute atomic E-state index is 5.70. The highest BCUT2D eigenvalue weighted by atomic mass is 16.5. The highest BCUT2D eigenvalue weighted by Gasteiger charge is 2.07. The van der Waals surface area contributed by atoms with Crippen LogP contribution in [0.1, 0.15) is 23.6 Å². The van der Waals surface area contributed by atoms with Crippen molar-refractivity contribution in [3.63, 3.8) is 0 Å². The minimum Gasteiger partial charge on any atom is -0.475 e. The molecule has 7 heteroatoms. The largest absolute Gasteiger partial charge is 0.475 e. The molecular weight excluding hydrogens is 378 g/mol. The lowest BCUT2D eigenvalue weighted by Gasteiger charge is -2.12. The van der Waals surface area contributed by atoms with Crippen LogP contribution in [0.25, 0.3) is 10.9 Å². The maximum atomic E-state index is 5.70. The Balaban J connectivity index is 1.59. The summed E-state index contributed by atoms with van der Waals surface area (Å²) in [7, 11) is 1.65. The molecule has 0 atom stereocenters.